The van der Waals surface area contributed by atoms with Crippen molar-refractivity contribution in [1.29, 1.82) is 0 Å². The molecule has 0 amide bonds. The third-order valence-corrected chi connectivity index (χ3v) is 3.62. The summed E-state index contributed by atoms with van der Waals surface area (Å²) in [6.07, 6.45) is 7.46. The lowest BCUT2D eigenvalue weighted by molar-refractivity contribution is 0.164. The Balaban J connectivity index is 1.84. The minimum absolute atomic E-state index is 0.585. The second kappa shape index (κ2) is 4.41. The fraction of sp³-hybridized carbons (Fsp3) is 0.583. The van der Waals surface area contributed by atoms with Crippen molar-refractivity contribution in [3.8, 4) is 0 Å². The van der Waals surface area contributed by atoms with E-state index in [1.165, 1.54) is 25.8 Å². The van der Waals surface area contributed by atoms with Crippen molar-refractivity contribution in [2.45, 2.75) is 31.8 Å². The lowest BCUT2D eigenvalue weighted by Gasteiger charge is -2.32. The molecule has 0 aliphatic carbocycles. The van der Waals surface area contributed by atoms with Crippen LogP contribution in [0.25, 0.3) is 11.0 Å². The van der Waals surface area contributed by atoms with Crippen molar-refractivity contribution in [2.75, 3.05) is 13.6 Å². The highest BCUT2D eigenvalue weighted by Crippen LogP contribution is 2.18. The summed E-state index contributed by atoms with van der Waals surface area (Å²) in [4.78, 5) is 6.49. The van der Waals surface area contributed by atoms with Crippen LogP contribution in [0.4, 0.5) is 0 Å². The van der Waals surface area contributed by atoms with Crippen LogP contribution in [0.2, 0.25) is 0 Å². The number of likely N-dealkylation sites (tertiary alicyclic amines) is 1. The van der Waals surface area contributed by atoms with E-state index in [2.05, 4.69) is 27.2 Å². The Morgan fingerprint density at radius 2 is 2.35 bits per heavy atom. The quantitative estimate of drug-likeness (QED) is 0.782. The zero-order chi connectivity index (χ0) is 11.7. The minimum Gasteiger partial charge on any atom is -0.302 e. The normalized spacial score (nSPS) is 22.1. The van der Waals surface area contributed by atoms with Gasteiger partial charge < -0.3 is 4.90 Å². The summed E-state index contributed by atoms with van der Waals surface area (Å²) in [5.74, 6) is 0. The fourth-order valence-electron chi connectivity index (χ4n) is 2.53. The molecule has 2 aromatic heterocycles. The average Bonchev–Trinajstić information content (AvgIpc) is 2.76. The van der Waals surface area contributed by atoms with E-state index in [1.807, 2.05) is 10.7 Å². The monoisotopic (exact) mass is 231 g/mol. The Hall–Kier alpha value is -1.49. The van der Waals surface area contributed by atoms with Gasteiger partial charge in [0.1, 0.15) is 5.52 Å². The molecule has 0 aromatic carbocycles. The Bertz CT molecular complexity index is 506. The summed E-state index contributed by atoms with van der Waals surface area (Å²) >= 11 is 0. The first kappa shape index (κ1) is 10.7. The van der Waals surface area contributed by atoms with Crippen LogP contribution in [-0.4, -0.2) is 44.5 Å². The van der Waals surface area contributed by atoms with Crippen LogP contribution in [0.1, 0.15) is 19.3 Å². The number of pyridine rings is 1. The Kier molecular flexibility index (Phi) is 2.76. The van der Waals surface area contributed by atoms with E-state index in [1.54, 1.807) is 12.4 Å². The van der Waals surface area contributed by atoms with E-state index in [9.17, 15) is 0 Å². The van der Waals surface area contributed by atoms with Crippen LogP contribution in [0.5, 0.6) is 0 Å². The van der Waals surface area contributed by atoms with Crippen molar-refractivity contribution < 1.29 is 0 Å². The predicted molar refractivity (Wildman–Crippen MR) is 65.6 cm³/mol. The molecule has 1 fully saturated rings. The molecule has 17 heavy (non-hydrogen) atoms. The number of rotatable bonds is 2. The molecule has 5 nitrogen and oxygen atoms in total. The van der Waals surface area contributed by atoms with Crippen LogP contribution < -0.4 is 0 Å². The van der Waals surface area contributed by atoms with E-state index in [0.717, 1.165) is 17.6 Å². The SMILES string of the molecule is CN1CCCCC1Cn1nnc2cnccc21. The highest BCUT2D eigenvalue weighted by Gasteiger charge is 2.20. The molecule has 0 radical (unpaired) electrons. The first-order chi connectivity index (χ1) is 8.34. The van der Waals surface area contributed by atoms with Crippen molar-refractivity contribution in [3.63, 3.8) is 0 Å². The van der Waals surface area contributed by atoms with E-state index in [-0.39, 0.29) is 0 Å². The summed E-state index contributed by atoms with van der Waals surface area (Å²) in [6.45, 7) is 2.12. The first-order valence-electron chi connectivity index (χ1n) is 6.18. The lowest BCUT2D eigenvalue weighted by Crippen LogP contribution is -2.39. The number of fused-ring (bicyclic) bond motifs is 1. The van der Waals surface area contributed by atoms with Gasteiger partial charge in [0.15, 0.2) is 0 Å². The maximum atomic E-state index is 4.22. The summed E-state index contributed by atoms with van der Waals surface area (Å²) < 4.78 is 2.00. The van der Waals surface area contributed by atoms with Crippen LogP contribution >= 0.6 is 0 Å². The van der Waals surface area contributed by atoms with Gasteiger partial charge in [-0.1, -0.05) is 11.6 Å². The van der Waals surface area contributed by atoms with Crippen LogP contribution in [0.15, 0.2) is 18.5 Å². The van der Waals surface area contributed by atoms with Crippen LogP contribution in [0, 0.1) is 0 Å². The number of hydrogen-bond donors (Lipinski definition) is 0. The lowest BCUT2D eigenvalue weighted by atomic mass is 10.0. The molecule has 0 N–H and O–H groups in total. The second-order valence-electron chi connectivity index (χ2n) is 4.77. The molecule has 0 saturated carbocycles. The molecular weight excluding hydrogens is 214 g/mol. The van der Waals surface area contributed by atoms with Gasteiger partial charge in [0, 0.05) is 12.2 Å². The maximum Gasteiger partial charge on any atom is 0.131 e. The molecule has 1 atom stereocenters. The van der Waals surface area contributed by atoms with E-state index in [0.29, 0.717) is 6.04 Å². The molecule has 1 aliphatic rings. The topological polar surface area (TPSA) is 46.8 Å². The Morgan fingerprint density at radius 3 is 3.24 bits per heavy atom. The molecule has 90 valence electrons. The predicted octanol–water partition coefficient (Wildman–Crippen LogP) is 1.31. The van der Waals surface area contributed by atoms with E-state index >= 15 is 0 Å². The molecule has 3 rings (SSSR count). The van der Waals surface area contributed by atoms with E-state index < -0.39 is 0 Å². The van der Waals surface area contributed by atoms with Gasteiger partial charge in [-0.15, -0.1) is 5.10 Å². The van der Waals surface area contributed by atoms with Gasteiger partial charge in [-0.2, -0.15) is 0 Å². The summed E-state index contributed by atoms with van der Waals surface area (Å²) in [5, 5.41) is 8.36. The molecule has 1 aliphatic heterocycles. The fourth-order valence-corrected chi connectivity index (χ4v) is 2.53. The van der Waals surface area contributed by atoms with Gasteiger partial charge in [-0.25, -0.2) is 4.68 Å². The smallest absolute Gasteiger partial charge is 0.131 e. The molecule has 1 unspecified atom stereocenters. The van der Waals surface area contributed by atoms with Gasteiger partial charge in [0.05, 0.1) is 18.3 Å². The van der Waals surface area contributed by atoms with Gasteiger partial charge in [0.2, 0.25) is 0 Å². The third-order valence-electron chi connectivity index (χ3n) is 3.62. The summed E-state index contributed by atoms with van der Waals surface area (Å²) in [5.41, 5.74) is 1.96. The molecular formula is C12H17N5. The highest BCUT2D eigenvalue weighted by molar-refractivity contribution is 5.72. The van der Waals surface area contributed by atoms with Crippen LogP contribution in [0.3, 0.4) is 0 Å². The molecule has 5 heteroatoms. The molecule has 0 bridgehead atoms. The summed E-state index contributed by atoms with van der Waals surface area (Å²) in [7, 11) is 2.20. The number of piperidine rings is 1. The van der Waals surface area contributed by atoms with Crippen LogP contribution in [-0.2, 0) is 6.54 Å². The molecule has 3 heterocycles. The average molecular weight is 231 g/mol. The number of nitrogens with zero attached hydrogens (tertiary/aromatic N) is 5. The van der Waals surface area contributed by atoms with Gasteiger partial charge >= 0.3 is 0 Å². The maximum absolute atomic E-state index is 4.22. The number of likely N-dealkylation sites (N-methyl/N-ethyl adjacent to an activating group) is 1. The Morgan fingerprint density at radius 1 is 1.41 bits per heavy atom. The Labute approximate surface area is 100 Å². The van der Waals surface area contributed by atoms with Crippen molar-refractivity contribution in [2.24, 2.45) is 0 Å². The van der Waals surface area contributed by atoms with Crippen molar-refractivity contribution >= 4 is 11.0 Å². The van der Waals surface area contributed by atoms with Gasteiger partial charge in [-0.05, 0) is 32.5 Å². The van der Waals surface area contributed by atoms with E-state index in [4.69, 9.17) is 0 Å². The zero-order valence-electron chi connectivity index (χ0n) is 10.1. The first-order valence-corrected chi connectivity index (χ1v) is 6.18. The number of hydrogen-bond acceptors (Lipinski definition) is 4. The number of aromatic nitrogens is 4. The van der Waals surface area contributed by atoms with Crippen molar-refractivity contribution in [3.05, 3.63) is 18.5 Å². The molecule has 1 saturated heterocycles. The minimum atomic E-state index is 0.585. The molecule has 2 aromatic rings. The second-order valence-corrected chi connectivity index (χ2v) is 4.77. The van der Waals surface area contributed by atoms with Gasteiger partial charge in [-0.3, -0.25) is 4.98 Å². The third kappa shape index (κ3) is 2.02. The standard InChI is InChI=1S/C12H17N5/c1-16-7-3-2-4-10(16)9-17-12-5-6-13-8-11(12)14-15-17/h5-6,8,10H,2-4,7,9H2,1H3. The van der Waals surface area contributed by atoms with Gasteiger partial charge in [0.25, 0.3) is 0 Å². The van der Waals surface area contributed by atoms with Crippen molar-refractivity contribution in [1.82, 2.24) is 24.9 Å². The zero-order valence-corrected chi connectivity index (χ0v) is 10.1. The largest absolute Gasteiger partial charge is 0.302 e. The molecule has 0 spiro atoms. The highest BCUT2D eigenvalue weighted by atomic mass is 15.4. The summed E-state index contributed by atoms with van der Waals surface area (Å²) in [6, 6.07) is 2.57.